The first-order valence-electron chi connectivity index (χ1n) is 14.9. The van der Waals surface area contributed by atoms with Crippen molar-refractivity contribution in [2.45, 2.75) is 115 Å². The maximum atomic E-state index is 12.4. The Morgan fingerprint density at radius 1 is 0.625 bits per heavy atom. The molecule has 0 fully saturated rings. The monoisotopic (exact) mass is 607 g/mol. The lowest BCUT2D eigenvalue weighted by molar-refractivity contribution is -0.368. The third-order valence-electron chi connectivity index (χ3n) is 6.46. The first kappa shape index (κ1) is 38.5. The summed E-state index contributed by atoms with van der Waals surface area (Å²) in [4.78, 5) is 49.1. The standard InChI is InChI=1S/C28H54N4O6S2/c1-37-27(35)23(31-25(33)17-13-9-5-3-7-11-15-19-29)21-39-40-22-24(28(36)38-2)32-26(34)18-14-10-6-4-8-12-16-20-30/h23-24H,3-22,29-30H2,1-2H3,(H,31,33)(H,32,34)/p+1. The molecule has 0 spiro atoms. The van der Waals surface area contributed by atoms with Crippen LogP contribution >= 0.6 is 21.6 Å². The summed E-state index contributed by atoms with van der Waals surface area (Å²) in [5.74, 6) is -0.815. The fourth-order valence-electron chi connectivity index (χ4n) is 4.05. The van der Waals surface area contributed by atoms with E-state index in [1.54, 1.807) is 0 Å². The highest BCUT2D eigenvalue weighted by Gasteiger charge is 2.24. The number of carbonyl (C=O) groups excluding carboxylic acids is 4. The number of nitrogens with one attached hydrogen (secondary N) is 2. The molecule has 7 N–H and O–H groups in total. The molecule has 0 aromatic heterocycles. The number of rotatable bonds is 27. The molecular formula is C28H55N4O6S2+. The average molecular weight is 608 g/mol. The van der Waals surface area contributed by atoms with Crippen molar-refractivity contribution in [2.24, 2.45) is 5.73 Å². The maximum Gasteiger partial charge on any atom is 0.329 e. The van der Waals surface area contributed by atoms with Gasteiger partial charge in [-0.3, -0.25) is 9.59 Å². The molecule has 0 aliphatic carbocycles. The van der Waals surface area contributed by atoms with Crippen LogP contribution in [0.25, 0.3) is 0 Å². The molecule has 0 aromatic carbocycles. The van der Waals surface area contributed by atoms with Crippen molar-refractivity contribution in [3.63, 3.8) is 0 Å². The lowest BCUT2D eigenvalue weighted by atomic mass is 10.1. The van der Waals surface area contributed by atoms with Gasteiger partial charge in [-0.05, 0) is 38.6 Å². The summed E-state index contributed by atoms with van der Waals surface area (Å²) >= 11 is 0. The largest absolute Gasteiger partial charge is 0.467 e. The number of quaternary nitrogens is 1. The number of nitrogens with two attached hydrogens (primary N) is 1. The van der Waals surface area contributed by atoms with Crippen molar-refractivity contribution in [1.82, 2.24) is 10.6 Å². The van der Waals surface area contributed by atoms with E-state index < -0.39 is 24.0 Å². The predicted molar refractivity (Wildman–Crippen MR) is 163 cm³/mol. The molecule has 0 bridgehead atoms. The number of amides is 2. The topological polar surface area (TPSA) is 164 Å². The summed E-state index contributed by atoms with van der Waals surface area (Å²) in [7, 11) is 5.25. The number of hydrogen-bond acceptors (Lipinski definition) is 9. The molecule has 0 aliphatic rings. The van der Waals surface area contributed by atoms with E-state index in [0.29, 0.717) is 12.8 Å². The van der Waals surface area contributed by atoms with Crippen LogP contribution in [0.5, 0.6) is 0 Å². The molecule has 0 saturated carbocycles. The molecule has 40 heavy (non-hydrogen) atoms. The Hall–Kier alpha value is -1.50. The fraction of sp³-hybridized carbons (Fsp3) is 0.857. The minimum Gasteiger partial charge on any atom is -0.467 e. The van der Waals surface area contributed by atoms with Crippen molar-refractivity contribution in [3.8, 4) is 0 Å². The fourth-order valence-corrected chi connectivity index (χ4v) is 6.34. The third-order valence-corrected chi connectivity index (χ3v) is 8.88. The van der Waals surface area contributed by atoms with Crippen molar-refractivity contribution in [2.75, 3.05) is 38.8 Å². The summed E-state index contributed by atoms with van der Waals surface area (Å²) in [5.41, 5.74) is 9.35. The minimum absolute atomic E-state index is 0.173. The Morgan fingerprint density at radius 3 is 1.32 bits per heavy atom. The number of methoxy groups -OCH3 is 2. The van der Waals surface area contributed by atoms with Crippen LogP contribution in [0.15, 0.2) is 0 Å². The smallest absolute Gasteiger partial charge is 0.329 e. The van der Waals surface area contributed by atoms with E-state index in [-0.39, 0.29) is 23.3 Å². The number of ether oxygens (including phenoxy) is 2. The summed E-state index contributed by atoms with van der Waals surface area (Å²) in [6, 6.07) is -1.56. The predicted octanol–water partition coefficient (Wildman–Crippen LogP) is 3.13. The maximum absolute atomic E-state index is 12.4. The molecule has 2 unspecified atom stereocenters. The Labute approximate surface area is 249 Å². The molecule has 10 nitrogen and oxygen atoms in total. The second kappa shape index (κ2) is 27.7. The van der Waals surface area contributed by atoms with Crippen LogP contribution in [0.3, 0.4) is 0 Å². The van der Waals surface area contributed by atoms with Gasteiger partial charge in [0.25, 0.3) is 0 Å². The van der Waals surface area contributed by atoms with Gasteiger partial charge in [0.2, 0.25) is 11.8 Å². The van der Waals surface area contributed by atoms with E-state index in [1.165, 1.54) is 67.9 Å². The van der Waals surface area contributed by atoms with Crippen molar-refractivity contribution >= 4 is 45.3 Å². The molecular weight excluding hydrogens is 552 g/mol. The third kappa shape index (κ3) is 22.2. The van der Waals surface area contributed by atoms with E-state index in [0.717, 1.165) is 70.9 Å². The molecule has 0 saturated heterocycles. The second-order valence-corrected chi connectivity index (χ2v) is 12.5. The first-order chi connectivity index (χ1) is 19.4. The van der Waals surface area contributed by atoms with Crippen molar-refractivity contribution in [3.05, 3.63) is 0 Å². The van der Waals surface area contributed by atoms with Crippen LogP contribution in [0, 0.1) is 0 Å². The van der Waals surface area contributed by atoms with Gasteiger partial charge < -0.3 is 31.6 Å². The van der Waals surface area contributed by atoms with Gasteiger partial charge in [-0.15, -0.1) is 0 Å². The van der Waals surface area contributed by atoms with Gasteiger partial charge in [-0.25, -0.2) is 9.59 Å². The summed E-state index contributed by atoms with van der Waals surface area (Å²) < 4.78 is 9.70. The zero-order valence-electron chi connectivity index (χ0n) is 24.8. The number of hydrogen-bond donors (Lipinski definition) is 4. The van der Waals surface area contributed by atoms with Crippen LogP contribution in [-0.4, -0.2) is 74.7 Å². The Morgan fingerprint density at radius 2 is 0.975 bits per heavy atom. The average Bonchev–Trinajstić information content (AvgIpc) is 2.95. The summed E-state index contributed by atoms with van der Waals surface area (Å²) in [6.45, 7) is 1.72. The van der Waals surface area contributed by atoms with Gasteiger partial charge in [0.1, 0.15) is 12.1 Å². The quantitative estimate of drug-likeness (QED) is 0.0624. The van der Waals surface area contributed by atoms with Crippen LogP contribution in [-0.2, 0) is 28.7 Å². The minimum atomic E-state index is -0.781. The number of esters is 2. The van der Waals surface area contributed by atoms with Gasteiger partial charge in [-0.1, -0.05) is 79.4 Å². The highest BCUT2D eigenvalue weighted by molar-refractivity contribution is 8.76. The Kier molecular flexibility index (Phi) is 26.6. The molecule has 2 atom stereocenters. The van der Waals surface area contributed by atoms with Gasteiger partial charge in [-0.2, -0.15) is 0 Å². The van der Waals surface area contributed by atoms with Crippen LogP contribution in [0.2, 0.25) is 0 Å². The lowest BCUT2D eigenvalue weighted by Gasteiger charge is -2.18. The molecule has 12 heteroatoms. The van der Waals surface area contributed by atoms with Crippen LogP contribution < -0.4 is 22.1 Å². The zero-order valence-corrected chi connectivity index (χ0v) is 26.5. The van der Waals surface area contributed by atoms with Gasteiger partial charge >= 0.3 is 11.9 Å². The van der Waals surface area contributed by atoms with E-state index in [1.807, 2.05) is 0 Å². The molecule has 0 rings (SSSR count). The van der Waals surface area contributed by atoms with Crippen LogP contribution in [0.4, 0.5) is 0 Å². The van der Waals surface area contributed by atoms with Crippen molar-refractivity contribution < 1.29 is 34.4 Å². The highest BCUT2D eigenvalue weighted by atomic mass is 33.1. The number of unbranched alkanes of at least 4 members (excludes halogenated alkanes) is 12. The number of carbonyl (C=O) groups is 4. The van der Waals surface area contributed by atoms with E-state index in [9.17, 15) is 19.2 Å². The Balaban J connectivity index is 4.33. The first-order valence-corrected chi connectivity index (χ1v) is 17.4. The second-order valence-electron chi connectivity index (χ2n) is 9.95. The van der Waals surface area contributed by atoms with E-state index in [4.69, 9.17) is 15.2 Å². The molecule has 0 radical (unpaired) electrons. The van der Waals surface area contributed by atoms with Crippen LogP contribution in [0.1, 0.15) is 103 Å². The Bertz CT molecular complexity index is 631. The van der Waals surface area contributed by atoms with Crippen molar-refractivity contribution in [1.29, 1.82) is 0 Å². The summed E-state index contributed by atoms with van der Waals surface area (Å²) in [5, 5.41) is 5.53. The highest BCUT2D eigenvalue weighted by Crippen LogP contribution is 2.24. The lowest BCUT2D eigenvalue weighted by Crippen LogP contribution is -2.50. The molecule has 0 heterocycles. The molecule has 0 aliphatic heterocycles. The molecule has 0 aromatic rings. The SMILES string of the molecule is COC(=O)C(CSSCC(NC(=O)CCCCCCCCC[NH3+])C(=O)OC)NC(=O)CCCCCCCCCN. The van der Waals surface area contributed by atoms with Gasteiger partial charge in [0.05, 0.1) is 20.8 Å². The summed E-state index contributed by atoms with van der Waals surface area (Å²) in [6.07, 6.45) is 15.7. The zero-order chi connectivity index (χ0) is 29.8. The van der Waals surface area contributed by atoms with Gasteiger partial charge in [0.15, 0.2) is 0 Å². The normalized spacial score (nSPS) is 12.4. The van der Waals surface area contributed by atoms with E-state index in [2.05, 4.69) is 16.4 Å². The molecule has 2 amide bonds. The van der Waals surface area contributed by atoms with Gasteiger partial charge in [0, 0.05) is 24.3 Å². The van der Waals surface area contributed by atoms with E-state index >= 15 is 0 Å². The molecule has 234 valence electrons.